The van der Waals surface area contributed by atoms with Gasteiger partial charge < -0.3 is 38.6 Å². The highest BCUT2D eigenvalue weighted by Gasteiger charge is 2.46. The van der Waals surface area contributed by atoms with Crippen molar-refractivity contribution in [2.75, 3.05) is 13.2 Å². The van der Waals surface area contributed by atoms with Gasteiger partial charge >= 0.3 is 24.6 Å². The fraction of sp³-hybridized carbons (Fsp3) is 0.882. The standard InChI is InChI=1S/C34H60O12/c1-25(2)19-15-11-7-5-9-13-17-21-41-33(39)45-29-23-27(43-31(35)36)28(44-32(37)38)24-30(29)46-34(40)42-22-18-14-10-6-8-12-16-20-26(3)4/h25-30H,5-24H2,1-4H3,(H,35,36)(H,37,38). The van der Waals surface area contributed by atoms with Crippen molar-refractivity contribution in [3.05, 3.63) is 0 Å². The lowest BCUT2D eigenvalue weighted by Gasteiger charge is -2.37. The Balaban J connectivity index is 2.51. The zero-order valence-corrected chi connectivity index (χ0v) is 28.6. The number of unbranched alkanes of at least 4 members (excludes halogenated alkanes) is 12. The van der Waals surface area contributed by atoms with Crippen LogP contribution in [0.4, 0.5) is 19.2 Å². The topological polar surface area (TPSA) is 164 Å². The van der Waals surface area contributed by atoms with Crippen LogP contribution in [0, 0.1) is 11.8 Å². The van der Waals surface area contributed by atoms with Gasteiger partial charge in [0.05, 0.1) is 13.2 Å². The van der Waals surface area contributed by atoms with Crippen LogP contribution in [0.2, 0.25) is 0 Å². The van der Waals surface area contributed by atoms with Crippen LogP contribution in [0.3, 0.4) is 0 Å². The molecule has 0 radical (unpaired) electrons. The highest BCUT2D eigenvalue weighted by molar-refractivity contribution is 5.62. The first-order valence-corrected chi connectivity index (χ1v) is 17.4. The maximum atomic E-state index is 12.5. The fourth-order valence-corrected chi connectivity index (χ4v) is 5.52. The van der Waals surface area contributed by atoms with Crippen LogP contribution in [0.1, 0.15) is 143 Å². The maximum absolute atomic E-state index is 12.5. The van der Waals surface area contributed by atoms with Gasteiger partial charge in [0.2, 0.25) is 0 Å². The lowest BCUT2D eigenvalue weighted by molar-refractivity contribution is -0.139. The quantitative estimate of drug-likeness (QED) is 0.0573. The Hall–Kier alpha value is -2.92. The van der Waals surface area contributed by atoms with E-state index in [4.69, 9.17) is 38.6 Å². The minimum atomic E-state index is -1.65. The molecule has 1 aliphatic rings. The Morgan fingerprint density at radius 1 is 0.478 bits per heavy atom. The monoisotopic (exact) mass is 660 g/mol. The number of carbonyl (C=O) groups excluding carboxylic acids is 2. The second kappa shape index (κ2) is 25.2. The van der Waals surface area contributed by atoms with Crippen molar-refractivity contribution in [2.24, 2.45) is 11.8 Å². The van der Waals surface area contributed by atoms with Gasteiger partial charge in [-0.15, -0.1) is 0 Å². The van der Waals surface area contributed by atoms with Crippen molar-refractivity contribution in [1.82, 2.24) is 0 Å². The second-order valence-electron chi connectivity index (χ2n) is 13.1. The highest BCUT2D eigenvalue weighted by Crippen LogP contribution is 2.30. The zero-order chi connectivity index (χ0) is 34.2. The molecule has 4 unspecified atom stereocenters. The molecule has 268 valence electrons. The summed E-state index contributed by atoms with van der Waals surface area (Å²) in [6.45, 7) is 9.20. The summed E-state index contributed by atoms with van der Waals surface area (Å²) < 4.78 is 30.8. The normalized spacial score (nSPS) is 19.4. The van der Waals surface area contributed by atoms with Crippen molar-refractivity contribution >= 4 is 24.6 Å². The molecule has 0 aliphatic heterocycles. The molecule has 0 bridgehead atoms. The minimum absolute atomic E-state index is 0.143. The van der Waals surface area contributed by atoms with Gasteiger partial charge in [0.25, 0.3) is 0 Å². The average Bonchev–Trinajstić information content (AvgIpc) is 2.96. The molecule has 2 N–H and O–H groups in total. The Kier molecular flexibility index (Phi) is 22.5. The molecule has 4 atom stereocenters. The van der Waals surface area contributed by atoms with Gasteiger partial charge in [0.1, 0.15) is 24.4 Å². The number of carboxylic acid groups (broad SMARTS) is 2. The number of carbonyl (C=O) groups is 4. The molecule has 0 aromatic carbocycles. The lowest BCUT2D eigenvalue weighted by atomic mass is 9.89. The summed E-state index contributed by atoms with van der Waals surface area (Å²) >= 11 is 0. The molecule has 1 aliphatic carbocycles. The summed E-state index contributed by atoms with van der Waals surface area (Å²) in [6.07, 6.45) is 6.46. The molecule has 0 aromatic rings. The van der Waals surface area contributed by atoms with Crippen LogP contribution in [-0.2, 0) is 28.4 Å². The largest absolute Gasteiger partial charge is 0.508 e. The van der Waals surface area contributed by atoms with E-state index in [9.17, 15) is 19.2 Å². The summed E-state index contributed by atoms with van der Waals surface area (Å²) in [7, 11) is 0. The summed E-state index contributed by atoms with van der Waals surface area (Å²) in [5.74, 6) is 1.46. The second-order valence-corrected chi connectivity index (χ2v) is 13.1. The third kappa shape index (κ3) is 21.8. The molecule has 0 spiro atoms. The van der Waals surface area contributed by atoms with E-state index in [2.05, 4.69) is 27.7 Å². The van der Waals surface area contributed by atoms with Gasteiger partial charge in [-0.05, 0) is 24.7 Å². The fourth-order valence-electron chi connectivity index (χ4n) is 5.52. The number of rotatable bonds is 24. The van der Waals surface area contributed by atoms with Gasteiger partial charge in [0.15, 0.2) is 0 Å². The van der Waals surface area contributed by atoms with Crippen LogP contribution in [0.5, 0.6) is 0 Å². The predicted octanol–water partition coefficient (Wildman–Crippen LogP) is 9.50. The first-order chi connectivity index (χ1) is 22.0. The maximum Gasteiger partial charge on any atom is 0.508 e. The SMILES string of the molecule is CC(C)CCCCCCCCCOC(=O)OC1CC(OC(=O)O)C(OC(=O)O)CC1OC(=O)OCCCCCCCCCC(C)C. The zero-order valence-electron chi connectivity index (χ0n) is 28.6. The first-order valence-electron chi connectivity index (χ1n) is 17.4. The molecule has 1 saturated carbocycles. The molecule has 12 nitrogen and oxygen atoms in total. The molecular formula is C34H60O12. The first kappa shape index (κ1) is 41.1. The van der Waals surface area contributed by atoms with Gasteiger partial charge in [-0.25, -0.2) is 19.2 Å². The van der Waals surface area contributed by atoms with Gasteiger partial charge in [-0.3, -0.25) is 0 Å². The van der Waals surface area contributed by atoms with Crippen LogP contribution in [0.15, 0.2) is 0 Å². The van der Waals surface area contributed by atoms with Crippen LogP contribution < -0.4 is 0 Å². The molecule has 0 amide bonds. The molecule has 46 heavy (non-hydrogen) atoms. The van der Waals surface area contributed by atoms with Crippen molar-refractivity contribution in [3.8, 4) is 0 Å². The van der Waals surface area contributed by atoms with Crippen molar-refractivity contribution in [3.63, 3.8) is 0 Å². The van der Waals surface area contributed by atoms with Crippen molar-refractivity contribution < 1.29 is 57.8 Å². The molecule has 1 fully saturated rings. The summed E-state index contributed by atoms with van der Waals surface area (Å²) in [5, 5.41) is 18.3. The minimum Gasteiger partial charge on any atom is -0.450 e. The Bertz CT molecular complexity index is 778. The van der Waals surface area contributed by atoms with E-state index in [0.717, 1.165) is 50.4 Å². The molecule has 12 heteroatoms. The Labute approximate surface area is 275 Å². The Morgan fingerprint density at radius 2 is 0.761 bits per heavy atom. The summed E-state index contributed by atoms with van der Waals surface area (Å²) in [5.41, 5.74) is 0. The molecule has 1 rings (SSSR count). The molecular weight excluding hydrogens is 600 g/mol. The number of hydrogen-bond donors (Lipinski definition) is 2. The molecule has 0 aromatic heterocycles. The third-order valence-electron chi connectivity index (χ3n) is 8.05. The van der Waals surface area contributed by atoms with E-state index in [1.54, 1.807) is 0 Å². The van der Waals surface area contributed by atoms with Gasteiger partial charge in [-0.2, -0.15) is 0 Å². The van der Waals surface area contributed by atoms with E-state index >= 15 is 0 Å². The van der Waals surface area contributed by atoms with E-state index in [1.807, 2.05) is 0 Å². The molecule has 0 saturated heterocycles. The number of ether oxygens (including phenoxy) is 6. The van der Waals surface area contributed by atoms with Crippen molar-refractivity contribution in [2.45, 2.75) is 168 Å². The smallest absolute Gasteiger partial charge is 0.450 e. The molecule has 0 heterocycles. The number of hydrogen-bond acceptors (Lipinski definition) is 10. The van der Waals surface area contributed by atoms with Crippen LogP contribution >= 0.6 is 0 Å². The predicted molar refractivity (Wildman–Crippen MR) is 171 cm³/mol. The lowest BCUT2D eigenvalue weighted by Crippen LogP contribution is -2.51. The van der Waals surface area contributed by atoms with Crippen molar-refractivity contribution in [1.29, 1.82) is 0 Å². The van der Waals surface area contributed by atoms with Gasteiger partial charge in [0, 0.05) is 12.8 Å². The third-order valence-corrected chi connectivity index (χ3v) is 8.05. The van der Waals surface area contributed by atoms with E-state index in [1.165, 1.54) is 51.4 Å². The summed E-state index contributed by atoms with van der Waals surface area (Å²) in [4.78, 5) is 47.4. The highest BCUT2D eigenvalue weighted by atomic mass is 16.8. The van der Waals surface area contributed by atoms with E-state index in [0.29, 0.717) is 12.8 Å². The average molecular weight is 661 g/mol. The Morgan fingerprint density at radius 3 is 1.07 bits per heavy atom. The van der Waals surface area contributed by atoms with E-state index < -0.39 is 49.0 Å². The summed E-state index contributed by atoms with van der Waals surface area (Å²) in [6, 6.07) is 0. The van der Waals surface area contributed by atoms with Gasteiger partial charge in [-0.1, -0.05) is 118 Å². The van der Waals surface area contributed by atoms with E-state index in [-0.39, 0.29) is 26.1 Å². The van der Waals surface area contributed by atoms with Crippen LogP contribution in [-0.4, -0.2) is 72.5 Å². The van der Waals surface area contributed by atoms with Crippen LogP contribution in [0.25, 0.3) is 0 Å².